The lowest BCUT2D eigenvalue weighted by Crippen LogP contribution is -2.63. The van der Waals surface area contributed by atoms with Gasteiger partial charge in [-0.2, -0.15) is 0 Å². The zero-order chi connectivity index (χ0) is 17.2. The van der Waals surface area contributed by atoms with Gasteiger partial charge in [-0.05, 0) is 32.3 Å². The smallest absolute Gasteiger partial charge is 0.223 e. The molecule has 1 aromatic carbocycles. The van der Waals surface area contributed by atoms with Gasteiger partial charge in [0.1, 0.15) is 0 Å². The van der Waals surface area contributed by atoms with E-state index in [0.29, 0.717) is 31.3 Å². The first-order valence-electron chi connectivity index (χ1n) is 9.23. The van der Waals surface area contributed by atoms with E-state index in [1.54, 1.807) is 4.90 Å². The van der Waals surface area contributed by atoms with Crippen LogP contribution >= 0.6 is 0 Å². The first kappa shape index (κ1) is 17.0. The molecule has 1 saturated heterocycles. The van der Waals surface area contributed by atoms with Gasteiger partial charge in [0, 0.05) is 37.9 Å². The summed E-state index contributed by atoms with van der Waals surface area (Å²) in [6.07, 6.45) is 4.36. The van der Waals surface area contributed by atoms with E-state index in [1.165, 1.54) is 24.8 Å². The standard InChI is InChI=1S/C20H28N2O2/c1-3-21(4-2)17(23)11-12-18(24)22-15-20(13-8-14-20)19(22)16-9-6-5-7-10-16/h5-7,9-10,19H,3-4,8,11-15H2,1-2H3/t19-/m1/s1. The molecule has 0 bridgehead atoms. The number of carbonyl (C=O) groups excluding carboxylic acids is 2. The summed E-state index contributed by atoms with van der Waals surface area (Å²) < 4.78 is 0. The Hall–Kier alpha value is -1.84. The molecule has 0 radical (unpaired) electrons. The lowest BCUT2D eigenvalue weighted by Gasteiger charge is -2.62. The van der Waals surface area contributed by atoms with E-state index >= 15 is 0 Å². The topological polar surface area (TPSA) is 40.6 Å². The molecule has 4 heteroatoms. The van der Waals surface area contributed by atoms with E-state index in [1.807, 2.05) is 36.9 Å². The Morgan fingerprint density at radius 3 is 2.33 bits per heavy atom. The first-order valence-corrected chi connectivity index (χ1v) is 9.23. The van der Waals surface area contributed by atoms with E-state index in [9.17, 15) is 9.59 Å². The van der Waals surface area contributed by atoms with Crippen molar-refractivity contribution in [2.24, 2.45) is 5.41 Å². The molecular formula is C20H28N2O2. The van der Waals surface area contributed by atoms with Gasteiger partial charge in [-0.25, -0.2) is 0 Å². The molecule has 130 valence electrons. The van der Waals surface area contributed by atoms with Crippen LogP contribution < -0.4 is 0 Å². The summed E-state index contributed by atoms with van der Waals surface area (Å²) in [4.78, 5) is 28.6. The van der Waals surface area contributed by atoms with Crippen LogP contribution in [-0.2, 0) is 9.59 Å². The van der Waals surface area contributed by atoms with Crippen molar-refractivity contribution in [2.75, 3.05) is 19.6 Å². The number of hydrogen-bond acceptors (Lipinski definition) is 2. The average Bonchev–Trinajstić information content (AvgIpc) is 2.53. The zero-order valence-electron chi connectivity index (χ0n) is 14.8. The molecule has 1 aliphatic carbocycles. The van der Waals surface area contributed by atoms with Crippen LogP contribution in [0.1, 0.15) is 57.6 Å². The van der Waals surface area contributed by atoms with Crippen LogP contribution in [0.15, 0.2) is 30.3 Å². The molecule has 2 amide bonds. The van der Waals surface area contributed by atoms with Crippen LogP contribution in [0, 0.1) is 5.41 Å². The van der Waals surface area contributed by atoms with Gasteiger partial charge in [0.05, 0.1) is 6.04 Å². The van der Waals surface area contributed by atoms with E-state index in [-0.39, 0.29) is 17.9 Å². The minimum atomic E-state index is 0.0866. The molecule has 1 spiro atoms. The number of likely N-dealkylation sites (tertiary alicyclic amines) is 1. The number of nitrogens with zero attached hydrogens (tertiary/aromatic N) is 2. The van der Waals surface area contributed by atoms with Crippen LogP contribution in [0.3, 0.4) is 0 Å². The van der Waals surface area contributed by atoms with Crippen LogP contribution in [-0.4, -0.2) is 41.2 Å². The summed E-state index contributed by atoms with van der Waals surface area (Å²) in [5.74, 6) is 0.213. The van der Waals surface area contributed by atoms with Gasteiger partial charge < -0.3 is 9.80 Å². The third-order valence-electron chi connectivity index (χ3n) is 5.83. The predicted octanol–water partition coefficient (Wildman–Crippen LogP) is 3.39. The van der Waals surface area contributed by atoms with E-state index in [2.05, 4.69) is 12.1 Å². The van der Waals surface area contributed by atoms with Gasteiger partial charge in [-0.15, -0.1) is 0 Å². The fourth-order valence-electron chi connectivity index (χ4n) is 4.29. The monoisotopic (exact) mass is 328 g/mol. The third-order valence-corrected chi connectivity index (χ3v) is 5.83. The Balaban J connectivity index is 1.63. The highest BCUT2D eigenvalue weighted by Crippen LogP contribution is 2.60. The zero-order valence-corrected chi connectivity index (χ0v) is 14.8. The van der Waals surface area contributed by atoms with Crippen molar-refractivity contribution in [3.05, 3.63) is 35.9 Å². The molecule has 1 aliphatic heterocycles. The van der Waals surface area contributed by atoms with Gasteiger partial charge in [0.25, 0.3) is 0 Å². The molecule has 24 heavy (non-hydrogen) atoms. The highest BCUT2D eigenvalue weighted by molar-refractivity contribution is 5.84. The van der Waals surface area contributed by atoms with Crippen LogP contribution in [0.5, 0.6) is 0 Å². The molecule has 1 aromatic rings. The van der Waals surface area contributed by atoms with Crippen LogP contribution in [0.4, 0.5) is 0 Å². The first-order chi connectivity index (χ1) is 11.6. The number of hydrogen-bond donors (Lipinski definition) is 0. The second kappa shape index (κ2) is 6.96. The highest BCUT2D eigenvalue weighted by Gasteiger charge is 2.57. The van der Waals surface area contributed by atoms with Crippen LogP contribution in [0.2, 0.25) is 0 Å². The minimum absolute atomic E-state index is 0.0866. The summed E-state index contributed by atoms with van der Waals surface area (Å²) in [5, 5.41) is 0. The Morgan fingerprint density at radius 2 is 1.79 bits per heavy atom. The van der Waals surface area contributed by atoms with Crippen molar-refractivity contribution in [2.45, 2.75) is 52.0 Å². The van der Waals surface area contributed by atoms with Crippen molar-refractivity contribution in [1.82, 2.24) is 9.80 Å². The van der Waals surface area contributed by atoms with Crippen molar-refractivity contribution < 1.29 is 9.59 Å². The maximum atomic E-state index is 12.7. The predicted molar refractivity (Wildman–Crippen MR) is 94.3 cm³/mol. The van der Waals surface area contributed by atoms with Crippen molar-refractivity contribution in [1.29, 1.82) is 0 Å². The second-order valence-corrected chi connectivity index (χ2v) is 7.12. The number of benzene rings is 1. The Morgan fingerprint density at radius 1 is 1.12 bits per heavy atom. The molecule has 1 heterocycles. The fraction of sp³-hybridized carbons (Fsp3) is 0.600. The average molecular weight is 328 g/mol. The lowest BCUT2D eigenvalue weighted by molar-refractivity contribution is -0.169. The fourth-order valence-corrected chi connectivity index (χ4v) is 4.29. The molecule has 0 N–H and O–H groups in total. The van der Waals surface area contributed by atoms with Crippen molar-refractivity contribution in [3.63, 3.8) is 0 Å². The molecule has 0 unspecified atom stereocenters. The number of carbonyl (C=O) groups is 2. The van der Waals surface area contributed by atoms with Gasteiger partial charge in [0.15, 0.2) is 0 Å². The van der Waals surface area contributed by atoms with Gasteiger partial charge >= 0.3 is 0 Å². The molecular weight excluding hydrogens is 300 g/mol. The summed E-state index contributed by atoms with van der Waals surface area (Å²) >= 11 is 0. The number of rotatable bonds is 6. The molecule has 1 saturated carbocycles. The Kier molecular flexibility index (Phi) is 4.93. The molecule has 0 aromatic heterocycles. The minimum Gasteiger partial charge on any atom is -0.343 e. The van der Waals surface area contributed by atoms with E-state index in [4.69, 9.17) is 0 Å². The second-order valence-electron chi connectivity index (χ2n) is 7.12. The molecule has 3 rings (SSSR count). The highest BCUT2D eigenvalue weighted by atomic mass is 16.2. The Bertz CT molecular complexity index is 591. The SMILES string of the molecule is CCN(CC)C(=O)CCC(=O)N1CC2(CCC2)[C@H]1c1ccccc1. The summed E-state index contributed by atoms with van der Waals surface area (Å²) in [6, 6.07) is 10.6. The maximum absolute atomic E-state index is 12.7. The number of amides is 2. The van der Waals surface area contributed by atoms with Crippen molar-refractivity contribution in [3.8, 4) is 0 Å². The lowest BCUT2D eigenvalue weighted by atomic mass is 9.56. The van der Waals surface area contributed by atoms with Gasteiger partial charge in [0.2, 0.25) is 11.8 Å². The van der Waals surface area contributed by atoms with Crippen molar-refractivity contribution >= 4 is 11.8 Å². The van der Waals surface area contributed by atoms with Gasteiger partial charge in [-0.1, -0.05) is 36.8 Å². The van der Waals surface area contributed by atoms with E-state index in [0.717, 1.165) is 6.54 Å². The molecule has 2 fully saturated rings. The summed E-state index contributed by atoms with van der Waals surface area (Å²) in [7, 11) is 0. The normalized spacial score (nSPS) is 21.1. The van der Waals surface area contributed by atoms with Crippen LogP contribution in [0.25, 0.3) is 0 Å². The van der Waals surface area contributed by atoms with E-state index < -0.39 is 0 Å². The summed E-state index contributed by atoms with van der Waals surface area (Å²) in [5.41, 5.74) is 1.55. The summed E-state index contributed by atoms with van der Waals surface area (Å²) in [6.45, 7) is 6.24. The van der Waals surface area contributed by atoms with Gasteiger partial charge in [-0.3, -0.25) is 9.59 Å². The third kappa shape index (κ3) is 2.94. The largest absolute Gasteiger partial charge is 0.343 e. The molecule has 2 aliphatic rings. The quantitative estimate of drug-likeness (QED) is 0.803. The molecule has 1 atom stereocenters. The Labute approximate surface area is 144 Å². The molecule has 4 nitrogen and oxygen atoms in total. The maximum Gasteiger partial charge on any atom is 0.223 e.